The van der Waals surface area contributed by atoms with Crippen LogP contribution in [-0.4, -0.2) is 45.2 Å². The molecule has 2 N–H and O–H groups in total. The molecule has 2 bridgehead atoms. The Bertz CT molecular complexity index is 603. The van der Waals surface area contributed by atoms with Crippen LogP contribution in [0.1, 0.15) is 18.4 Å². The number of carboxylic acid groups (broad SMARTS) is 2. The number of benzene rings is 1. The van der Waals surface area contributed by atoms with Gasteiger partial charge in [-0.05, 0) is 18.4 Å². The Hall–Kier alpha value is -2.57. The average Bonchev–Trinajstić information content (AvgIpc) is 3.09. The first-order valence-corrected chi connectivity index (χ1v) is 7.45. The topological polar surface area (TPSA) is 104 Å². The van der Waals surface area contributed by atoms with Crippen LogP contribution >= 0.6 is 0 Å². The highest BCUT2D eigenvalue weighted by Crippen LogP contribution is 2.46. The minimum atomic E-state index is -1.18. The molecule has 7 nitrogen and oxygen atoms in total. The number of carbonyl (C=O) groups is 3. The molecule has 1 aromatic rings. The van der Waals surface area contributed by atoms with E-state index in [9.17, 15) is 24.6 Å². The van der Waals surface area contributed by atoms with Crippen LogP contribution in [0.5, 0.6) is 0 Å². The third-order valence-corrected chi connectivity index (χ3v) is 4.68. The van der Waals surface area contributed by atoms with Crippen molar-refractivity contribution < 1.29 is 29.3 Å². The molecule has 0 radical (unpaired) electrons. The molecule has 7 heteroatoms. The van der Waals surface area contributed by atoms with Gasteiger partial charge in [0.15, 0.2) is 0 Å². The Balaban J connectivity index is 1.74. The van der Waals surface area contributed by atoms with Crippen molar-refractivity contribution >= 4 is 18.0 Å². The Morgan fingerprint density at radius 2 is 1.52 bits per heavy atom. The highest BCUT2D eigenvalue weighted by atomic mass is 16.6. The second-order valence-electron chi connectivity index (χ2n) is 5.89. The van der Waals surface area contributed by atoms with E-state index < -0.39 is 42.0 Å². The maximum absolute atomic E-state index is 12.3. The van der Waals surface area contributed by atoms with Gasteiger partial charge in [0.05, 0.1) is 11.8 Å². The molecular weight excluding hydrogens is 302 g/mol. The molecule has 2 saturated heterocycles. The molecule has 3 rings (SSSR count). The number of amides is 1. The molecular formula is C16H17NO6. The van der Waals surface area contributed by atoms with Crippen LogP contribution in [0, 0.1) is 11.8 Å². The van der Waals surface area contributed by atoms with Crippen molar-refractivity contribution in [1.29, 1.82) is 0 Å². The van der Waals surface area contributed by atoms with Crippen LogP contribution in [0.2, 0.25) is 0 Å². The molecule has 1 amide bonds. The van der Waals surface area contributed by atoms with E-state index in [0.717, 1.165) is 5.56 Å². The number of ether oxygens (including phenoxy) is 1. The molecule has 4 atom stereocenters. The predicted octanol–water partition coefficient (Wildman–Crippen LogP) is 1.57. The van der Waals surface area contributed by atoms with Gasteiger partial charge in [-0.25, -0.2) is 4.79 Å². The van der Waals surface area contributed by atoms with E-state index >= 15 is 0 Å². The van der Waals surface area contributed by atoms with E-state index in [-0.39, 0.29) is 6.61 Å². The zero-order chi connectivity index (χ0) is 16.6. The fraction of sp³-hybridized carbons (Fsp3) is 0.438. The quantitative estimate of drug-likeness (QED) is 0.873. The second kappa shape index (κ2) is 5.91. The van der Waals surface area contributed by atoms with Gasteiger partial charge in [0.1, 0.15) is 6.61 Å². The molecule has 0 aliphatic carbocycles. The van der Waals surface area contributed by atoms with Gasteiger partial charge in [0.25, 0.3) is 0 Å². The van der Waals surface area contributed by atoms with E-state index in [1.165, 1.54) is 4.90 Å². The number of carbonyl (C=O) groups excluding carboxylic acids is 1. The van der Waals surface area contributed by atoms with Gasteiger partial charge < -0.3 is 19.8 Å². The summed E-state index contributed by atoms with van der Waals surface area (Å²) in [5, 5.41) is 18.6. The third kappa shape index (κ3) is 2.62. The fourth-order valence-corrected chi connectivity index (χ4v) is 3.75. The van der Waals surface area contributed by atoms with Crippen LogP contribution in [0.4, 0.5) is 4.79 Å². The maximum Gasteiger partial charge on any atom is 0.410 e. The first-order valence-electron chi connectivity index (χ1n) is 7.45. The average molecular weight is 319 g/mol. The summed E-state index contributed by atoms with van der Waals surface area (Å²) in [7, 11) is 0. The highest BCUT2D eigenvalue weighted by Gasteiger charge is 2.61. The van der Waals surface area contributed by atoms with Gasteiger partial charge in [-0.2, -0.15) is 0 Å². The molecule has 0 unspecified atom stereocenters. The third-order valence-electron chi connectivity index (χ3n) is 4.68. The summed E-state index contributed by atoms with van der Waals surface area (Å²) in [5.41, 5.74) is 0.817. The molecule has 2 heterocycles. The number of nitrogens with zero attached hydrogens (tertiary/aromatic N) is 1. The summed E-state index contributed by atoms with van der Waals surface area (Å²) in [4.78, 5) is 36.5. The van der Waals surface area contributed by atoms with Gasteiger partial charge in [0, 0.05) is 12.1 Å². The highest BCUT2D eigenvalue weighted by molar-refractivity contribution is 5.85. The Labute approximate surface area is 132 Å². The number of fused-ring (bicyclic) bond motifs is 2. The van der Waals surface area contributed by atoms with E-state index in [0.29, 0.717) is 12.8 Å². The number of aliphatic carboxylic acids is 2. The van der Waals surface area contributed by atoms with Crippen LogP contribution < -0.4 is 0 Å². The zero-order valence-electron chi connectivity index (χ0n) is 12.3. The summed E-state index contributed by atoms with van der Waals surface area (Å²) in [6.45, 7) is 0.0745. The first kappa shape index (κ1) is 15.3. The van der Waals surface area contributed by atoms with Crippen molar-refractivity contribution in [2.45, 2.75) is 31.5 Å². The second-order valence-corrected chi connectivity index (χ2v) is 5.89. The molecule has 1 aromatic carbocycles. The Kier molecular flexibility index (Phi) is 3.94. The van der Waals surface area contributed by atoms with Crippen molar-refractivity contribution in [2.24, 2.45) is 11.8 Å². The number of hydrogen-bond acceptors (Lipinski definition) is 4. The minimum absolute atomic E-state index is 0.0745. The lowest BCUT2D eigenvalue weighted by Crippen LogP contribution is -2.38. The standard InChI is InChI=1S/C16H17NO6/c18-14(19)12-10-6-7-11(13(12)15(20)21)17(10)16(22)23-8-9-4-2-1-3-5-9/h1-5,10-13H,6-8H2,(H,18,19)(H,20,21)/t10-,11+,12+,13-. The molecule has 0 saturated carbocycles. The van der Waals surface area contributed by atoms with Crippen molar-refractivity contribution in [2.75, 3.05) is 0 Å². The van der Waals surface area contributed by atoms with E-state index in [1.54, 1.807) is 0 Å². The molecule has 2 aliphatic heterocycles. The monoisotopic (exact) mass is 319 g/mol. The summed E-state index contributed by atoms with van der Waals surface area (Å²) < 4.78 is 5.25. The molecule has 23 heavy (non-hydrogen) atoms. The van der Waals surface area contributed by atoms with Crippen LogP contribution in [0.25, 0.3) is 0 Å². The molecule has 0 aromatic heterocycles. The van der Waals surface area contributed by atoms with Gasteiger partial charge in [-0.15, -0.1) is 0 Å². The van der Waals surface area contributed by atoms with Gasteiger partial charge in [-0.3, -0.25) is 9.59 Å². The van der Waals surface area contributed by atoms with Crippen LogP contribution in [-0.2, 0) is 20.9 Å². The van der Waals surface area contributed by atoms with Gasteiger partial charge >= 0.3 is 18.0 Å². The lowest BCUT2D eigenvalue weighted by molar-refractivity contribution is -0.154. The predicted molar refractivity (Wildman–Crippen MR) is 77.5 cm³/mol. The molecule has 122 valence electrons. The van der Waals surface area contributed by atoms with Crippen molar-refractivity contribution in [3.8, 4) is 0 Å². The number of rotatable bonds is 4. The first-order chi connectivity index (χ1) is 11.0. The van der Waals surface area contributed by atoms with E-state index in [1.807, 2.05) is 30.3 Å². The molecule has 2 aliphatic rings. The van der Waals surface area contributed by atoms with E-state index in [2.05, 4.69) is 0 Å². The summed E-state index contributed by atoms with van der Waals surface area (Å²) in [6, 6.07) is 7.90. The van der Waals surface area contributed by atoms with E-state index in [4.69, 9.17) is 4.74 Å². The fourth-order valence-electron chi connectivity index (χ4n) is 3.75. The van der Waals surface area contributed by atoms with Crippen molar-refractivity contribution in [3.63, 3.8) is 0 Å². The smallest absolute Gasteiger partial charge is 0.410 e. The summed E-state index contributed by atoms with van der Waals surface area (Å²) in [5.74, 6) is -4.50. The molecule has 0 spiro atoms. The summed E-state index contributed by atoms with van der Waals surface area (Å²) in [6.07, 6.45) is 0.342. The SMILES string of the molecule is O=C(O)[C@@H]1[C@H](C(=O)O)[C@@H]2CC[C@H]1N2C(=O)OCc1ccccc1. The largest absolute Gasteiger partial charge is 0.481 e. The van der Waals surface area contributed by atoms with Crippen molar-refractivity contribution in [3.05, 3.63) is 35.9 Å². The Morgan fingerprint density at radius 1 is 1.00 bits per heavy atom. The Morgan fingerprint density at radius 3 is 2.00 bits per heavy atom. The number of carboxylic acids is 2. The molecule has 2 fully saturated rings. The normalized spacial score (nSPS) is 28.6. The summed E-state index contributed by atoms with van der Waals surface area (Å²) >= 11 is 0. The lowest BCUT2D eigenvalue weighted by atomic mass is 9.79. The lowest BCUT2D eigenvalue weighted by Gasteiger charge is -2.22. The van der Waals surface area contributed by atoms with Gasteiger partial charge in [0.2, 0.25) is 0 Å². The number of hydrogen-bond donors (Lipinski definition) is 2. The maximum atomic E-state index is 12.3. The van der Waals surface area contributed by atoms with Gasteiger partial charge in [-0.1, -0.05) is 30.3 Å². The van der Waals surface area contributed by atoms with Crippen LogP contribution in [0.3, 0.4) is 0 Å². The van der Waals surface area contributed by atoms with Crippen LogP contribution in [0.15, 0.2) is 30.3 Å². The zero-order valence-corrected chi connectivity index (χ0v) is 12.3. The minimum Gasteiger partial charge on any atom is -0.481 e. The van der Waals surface area contributed by atoms with Crippen molar-refractivity contribution in [1.82, 2.24) is 4.90 Å².